The smallest absolute Gasteiger partial charge is 0.265 e. The van der Waals surface area contributed by atoms with Crippen LogP contribution in [0.1, 0.15) is 38.4 Å². The summed E-state index contributed by atoms with van der Waals surface area (Å²) in [6.45, 7) is 1.19. The Morgan fingerprint density at radius 1 is 1.00 bits per heavy atom. The van der Waals surface area contributed by atoms with Gasteiger partial charge in [-0.25, -0.2) is 0 Å². The molecule has 2 N–H and O–H groups in total. The number of hydrogen-bond acceptors (Lipinski definition) is 5. The number of carbonyl (C=O) groups is 3. The van der Waals surface area contributed by atoms with Crippen molar-refractivity contribution >= 4 is 34.7 Å². The lowest BCUT2D eigenvalue weighted by Crippen LogP contribution is -2.47. The number of likely N-dealkylation sites (tertiary alicyclic amines) is 1. The van der Waals surface area contributed by atoms with E-state index in [0.29, 0.717) is 54.2 Å². The zero-order chi connectivity index (χ0) is 23.9. The molecule has 0 bridgehead atoms. The Morgan fingerprint density at radius 3 is 2.53 bits per heavy atom. The number of amides is 3. The number of piperidine rings is 1. The van der Waals surface area contributed by atoms with Crippen molar-refractivity contribution in [1.29, 1.82) is 0 Å². The van der Waals surface area contributed by atoms with Gasteiger partial charge in [0.25, 0.3) is 11.8 Å². The monoisotopic (exact) mass is 477 g/mol. The number of hydrogen-bond donors (Lipinski definition) is 2. The molecule has 1 aromatic heterocycles. The van der Waals surface area contributed by atoms with Crippen LogP contribution in [0.3, 0.4) is 0 Å². The van der Waals surface area contributed by atoms with Crippen LogP contribution < -0.4 is 15.4 Å². The van der Waals surface area contributed by atoms with Crippen molar-refractivity contribution in [3.05, 3.63) is 82.0 Å². The van der Waals surface area contributed by atoms with Crippen LogP contribution in [0.5, 0.6) is 5.75 Å². The van der Waals surface area contributed by atoms with Crippen LogP contribution in [0.15, 0.2) is 66.0 Å². The van der Waals surface area contributed by atoms with Gasteiger partial charge in [0.05, 0.1) is 18.4 Å². The number of anilines is 1. The molecule has 176 valence electrons. The van der Waals surface area contributed by atoms with Gasteiger partial charge in [-0.3, -0.25) is 14.4 Å². The summed E-state index contributed by atoms with van der Waals surface area (Å²) in [7, 11) is 1.60. The first-order valence-corrected chi connectivity index (χ1v) is 12.1. The van der Waals surface area contributed by atoms with Crippen molar-refractivity contribution in [3.63, 3.8) is 0 Å². The van der Waals surface area contributed by atoms with Gasteiger partial charge in [-0.05, 0) is 48.6 Å². The minimum Gasteiger partial charge on any atom is -0.496 e. The minimum absolute atomic E-state index is 0.00724. The molecule has 0 unspecified atom stereocenters. The molecule has 1 aliphatic rings. The number of para-hydroxylation sites is 1. The minimum atomic E-state index is -0.197. The first-order chi connectivity index (χ1) is 16.5. The molecule has 7 nitrogen and oxygen atoms in total. The second-order valence-corrected chi connectivity index (χ2v) is 9.08. The Bertz CT molecular complexity index is 1150. The highest BCUT2D eigenvalue weighted by atomic mass is 32.1. The number of nitrogens with zero attached hydrogens (tertiary/aromatic N) is 1. The van der Waals surface area contributed by atoms with Crippen LogP contribution in [0.25, 0.3) is 0 Å². The van der Waals surface area contributed by atoms with E-state index < -0.39 is 0 Å². The van der Waals surface area contributed by atoms with Crippen LogP contribution in [0.2, 0.25) is 0 Å². The second-order valence-electron chi connectivity index (χ2n) is 8.13. The SMILES string of the molecule is COc1ccccc1CC(=O)N1CCC(NC(=O)c2cccc(NC(=O)c3cccs3)c2)CC1. The lowest BCUT2D eigenvalue weighted by Gasteiger charge is -2.32. The fourth-order valence-electron chi connectivity index (χ4n) is 4.00. The van der Waals surface area contributed by atoms with E-state index in [1.807, 2.05) is 40.6 Å². The second kappa shape index (κ2) is 11.0. The van der Waals surface area contributed by atoms with Gasteiger partial charge in [-0.15, -0.1) is 11.3 Å². The Morgan fingerprint density at radius 2 is 1.79 bits per heavy atom. The molecule has 1 aliphatic heterocycles. The van der Waals surface area contributed by atoms with Gasteiger partial charge < -0.3 is 20.3 Å². The molecule has 0 atom stereocenters. The molecule has 0 radical (unpaired) electrons. The fourth-order valence-corrected chi connectivity index (χ4v) is 4.62. The summed E-state index contributed by atoms with van der Waals surface area (Å²) in [5, 5.41) is 7.73. The van der Waals surface area contributed by atoms with Gasteiger partial charge in [0.15, 0.2) is 0 Å². The highest BCUT2D eigenvalue weighted by Gasteiger charge is 2.25. The topological polar surface area (TPSA) is 87.7 Å². The maximum absolute atomic E-state index is 12.8. The van der Waals surface area contributed by atoms with E-state index in [-0.39, 0.29) is 23.8 Å². The number of nitrogens with one attached hydrogen (secondary N) is 2. The predicted molar refractivity (Wildman–Crippen MR) is 132 cm³/mol. The largest absolute Gasteiger partial charge is 0.496 e. The molecule has 0 saturated carbocycles. The molecule has 8 heteroatoms. The number of thiophene rings is 1. The molecule has 2 aromatic carbocycles. The number of rotatable bonds is 7. The van der Waals surface area contributed by atoms with Crippen molar-refractivity contribution in [2.45, 2.75) is 25.3 Å². The lowest BCUT2D eigenvalue weighted by atomic mass is 10.0. The van der Waals surface area contributed by atoms with Crippen LogP contribution in [0.4, 0.5) is 5.69 Å². The molecule has 3 aromatic rings. The first kappa shape index (κ1) is 23.5. The third kappa shape index (κ3) is 5.82. The van der Waals surface area contributed by atoms with Gasteiger partial charge in [0.2, 0.25) is 5.91 Å². The van der Waals surface area contributed by atoms with Gasteiger partial charge in [0.1, 0.15) is 5.75 Å². The Labute approximate surface area is 202 Å². The van der Waals surface area contributed by atoms with Crippen molar-refractivity contribution in [2.24, 2.45) is 0 Å². The third-order valence-corrected chi connectivity index (χ3v) is 6.71. The lowest BCUT2D eigenvalue weighted by molar-refractivity contribution is -0.131. The van der Waals surface area contributed by atoms with Crippen molar-refractivity contribution in [1.82, 2.24) is 10.2 Å². The van der Waals surface area contributed by atoms with E-state index in [1.165, 1.54) is 11.3 Å². The number of carbonyl (C=O) groups excluding carboxylic acids is 3. The predicted octanol–water partition coefficient (Wildman–Crippen LogP) is 3.97. The molecule has 1 saturated heterocycles. The summed E-state index contributed by atoms with van der Waals surface area (Å²) in [5.74, 6) is 0.388. The van der Waals surface area contributed by atoms with Crippen LogP contribution in [0, 0.1) is 0 Å². The summed E-state index contributed by atoms with van der Waals surface area (Å²) >= 11 is 1.36. The highest BCUT2D eigenvalue weighted by Crippen LogP contribution is 2.20. The van der Waals surface area contributed by atoms with E-state index in [1.54, 1.807) is 37.4 Å². The van der Waals surface area contributed by atoms with Crippen molar-refractivity contribution in [2.75, 3.05) is 25.5 Å². The normalized spacial score (nSPS) is 13.9. The molecule has 1 fully saturated rings. The fraction of sp³-hybridized carbons (Fsp3) is 0.269. The molecule has 3 amide bonds. The van der Waals surface area contributed by atoms with Gasteiger partial charge in [0, 0.05) is 35.9 Å². The van der Waals surface area contributed by atoms with Crippen LogP contribution >= 0.6 is 11.3 Å². The average Bonchev–Trinajstić information content (AvgIpc) is 3.40. The summed E-state index contributed by atoms with van der Waals surface area (Å²) in [4.78, 5) is 40.3. The van der Waals surface area contributed by atoms with E-state index in [0.717, 1.165) is 5.56 Å². The molecule has 0 aliphatic carbocycles. The van der Waals surface area contributed by atoms with E-state index in [4.69, 9.17) is 4.74 Å². The van der Waals surface area contributed by atoms with Gasteiger partial charge >= 0.3 is 0 Å². The average molecular weight is 478 g/mol. The van der Waals surface area contributed by atoms with E-state index >= 15 is 0 Å². The highest BCUT2D eigenvalue weighted by molar-refractivity contribution is 7.12. The maximum Gasteiger partial charge on any atom is 0.265 e. The maximum atomic E-state index is 12.8. The third-order valence-electron chi connectivity index (χ3n) is 5.84. The standard InChI is InChI=1S/C26H27N3O4S/c1-33-22-9-3-2-6-18(22)17-24(30)29-13-11-20(12-14-29)27-25(31)19-7-4-8-21(16-19)28-26(32)23-10-5-15-34-23/h2-10,15-16,20H,11-14,17H2,1H3,(H,27,31)(H,28,32). The summed E-state index contributed by atoms with van der Waals surface area (Å²) < 4.78 is 5.34. The summed E-state index contributed by atoms with van der Waals surface area (Å²) in [5.41, 5.74) is 1.93. The van der Waals surface area contributed by atoms with Gasteiger partial charge in [-0.2, -0.15) is 0 Å². The number of methoxy groups -OCH3 is 1. The zero-order valence-corrected chi connectivity index (χ0v) is 19.8. The van der Waals surface area contributed by atoms with E-state index in [9.17, 15) is 14.4 Å². The Balaban J connectivity index is 1.28. The Kier molecular flexibility index (Phi) is 7.59. The molecule has 0 spiro atoms. The molecule has 34 heavy (non-hydrogen) atoms. The van der Waals surface area contributed by atoms with Crippen molar-refractivity contribution in [3.8, 4) is 5.75 Å². The Hall–Kier alpha value is -3.65. The van der Waals surface area contributed by atoms with Crippen LogP contribution in [-0.4, -0.2) is 48.9 Å². The first-order valence-electron chi connectivity index (χ1n) is 11.2. The molecule has 4 rings (SSSR count). The molecular weight excluding hydrogens is 450 g/mol. The number of benzene rings is 2. The molecular formula is C26H27N3O4S. The van der Waals surface area contributed by atoms with Crippen LogP contribution in [-0.2, 0) is 11.2 Å². The molecule has 2 heterocycles. The summed E-state index contributed by atoms with van der Waals surface area (Å²) in [6.07, 6.45) is 1.68. The van der Waals surface area contributed by atoms with E-state index in [2.05, 4.69) is 10.6 Å². The zero-order valence-electron chi connectivity index (χ0n) is 19.0. The summed E-state index contributed by atoms with van der Waals surface area (Å²) in [6, 6.07) is 18.0. The van der Waals surface area contributed by atoms with Gasteiger partial charge in [-0.1, -0.05) is 30.3 Å². The number of ether oxygens (including phenoxy) is 1. The van der Waals surface area contributed by atoms with Crippen molar-refractivity contribution < 1.29 is 19.1 Å². The quantitative estimate of drug-likeness (QED) is 0.539.